The minimum absolute atomic E-state index is 0.161. The van der Waals surface area contributed by atoms with E-state index in [1.807, 2.05) is 0 Å². The molecule has 0 saturated heterocycles. The van der Waals surface area contributed by atoms with Crippen molar-refractivity contribution >= 4 is 16.0 Å². The molecule has 1 aliphatic heterocycles. The number of nitrogens with zero attached hydrogens (tertiary/aromatic N) is 2. The first-order valence-electron chi connectivity index (χ1n) is 8.47. The maximum Gasteiger partial charge on any atom is 0.335 e. The summed E-state index contributed by atoms with van der Waals surface area (Å²) in [6.45, 7) is 0.387. The molecule has 0 atom stereocenters. The summed E-state index contributed by atoms with van der Waals surface area (Å²) in [7, 11) is -3.61. The molecule has 1 aromatic heterocycles. The fourth-order valence-electron chi connectivity index (χ4n) is 3.05. The predicted molar refractivity (Wildman–Crippen MR) is 101 cm³/mol. The Labute approximate surface area is 161 Å². The molecule has 0 radical (unpaired) electrons. The van der Waals surface area contributed by atoms with Gasteiger partial charge in [-0.3, -0.25) is 4.98 Å². The van der Waals surface area contributed by atoms with Crippen LogP contribution < -0.4 is 4.74 Å². The summed E-state index contributed by atoms with van der Waals surface area (Å²) in [5, 5.41) is 8.97. The lowest BCUT2D eigenvalue weighted by atomic mass is 10.1. The zero-order valence-corrected chi connectivity index (χ0v) is 15.5. The van der Waals surface area contributed by atoms with Gasteiger partial charge < -0.3 is 9.84 Å². The van der Waals surface area contributed by atoms with Gasteiger partial charge in [-0.25, -0.2) is 13.2 Å². The highest BCUT2D eigenvalue weighted by molar-refractivity contribution is 7.89. The average Bonchev–Trinajstić information content (AvgIpc) is 2.92. The maximum absolute atomic E-state index is 12.8. The van der Waals surface area contributed by atoms with Crippen molar-refractivity contribution in [2.75, 3.05) is 0 Å². The zero-order valence-electron chi connectivity index (χ0n) is 14.6. The van der Waals surface area contributed by atoms with Crippen molar-refractivity contribution in [3.05, 3.63) is 83.7 Å². The number of hydrogen-bond acceptors (Lipinski definition) is 5. The summed E-state index contributed by atoms with van der Waals surface area (Å²) in [6, 6.07) is 14.6. The van der Waals surface area contributed by atoms with Crippen molar-refractivity contribution in [3.8, 4) is 11.5 Å². The normalized spacial score (nSPS) is 15.1. The Kier molecular flexibility index (Phi) is 4.58. The van der Waals surface area contributed by atoms with Crippen molar-refractivity contribution in [1.29, 1.82) is 0 Å². The summed E-state index contributed by atoms with van der Waals surface area (Å²) < 4.78 is 32.7. The van der Waals surface area contributed by atoms with E-state index < -0.39 is 16.0 Å². The fraction of sp³-hybridized carbons (Fsp3) is 0.100. The molecule has 0 unspecified atom stereocenters. The van der Waals surface area contributed by atoms with Gasteiger partial charge in [0.1, 0.15) is 11.5 Å². The number of aromatic carboxylic acids is 1. The van der Waals surface area contributed by atoms with Gasteiger partial charge in [-0.15, -0.1) is 0 Å². The molecular formula is C20H16N2O5S. The van der Waals surface area contributed by atoms with Gasteiger partial charge in [-0.2, -0.15) is 4.31 Å². The van der Waals surface area contributed by atoms with Crippen LogP contribution in [0.1, 0.15) is 21.5 Å². The van der Waals surface area contributed by atoms with E-state index in [4.69, 9.17) is 9.84 Å². The van der Waals surface area contributed by atoms with Crippen LogP contribution in [0.25, 0.3) is 0 Å². The Morgan fingerprint density at radius 3 is 2.57 bits per heavy atom. The van der Waals surface area contributed by atoms with Gasteiger partial charge >= 0.3 is 5.97 Å². The van der Waals surface area contributed by atoms with Gasteiger partial charge in [-0.05, 0) is 53.6 Å². The Hall–Kier alpha value is -3.23. The van der Waals surface area contributed by atoms with Crippen LogP contribution in [-0.4, -0.2) is 28.8 Å². The molecule has 0 aliphatic carbocycles. The lowest BCUT2D eigenvalue weighted by Gasteiger charge is -2.14. The Morgan fingerprint density at radius 2 is 1.89 bits per heavy atom. The monoisotopic (exact) mass is 396 g/mol. The molecule has 0 saturated carbocycles. The van der Waals surface area contributed by atoms with E-state index in [0.717, 1.165) is 0 Å². The number of carboxylic acid groups (broad SMARTS) is 1. The number of aromatic nitrogens is 1. The van der Waals surface area contributed by atoms with Crippen LogP contribution in [0.3, 0.4) is 0 Å². The third kappa shape index (κ3) is 3.47. The van der Waals surface area contributed by atoms with Crippen LogP contribution >= 0.6 is 0 Å². The van der Waals surface area contributed by atoms with Crippen LogP contribution in [-0.2, 0) is 23.1 Å². The minimum atomic E-state index is -3.61. The van der Waals surface area contributed by atoms with Gasteiger partial charge in [0.05, 0.1) is 16.7 Å². The predicted octanol–water partition coefficient (Wildman–Crippen LogP) is 3.28. The second-order valence-corrected chi connectivity index (χ2v) is 8.24. The topological polar surface area (TPSA) is 96.8 Å². The molecule has 0 spiro atoms. The SMILES string of the molecule is O=C(O)c1ccc(CN2Cc3cc(Oc4cccnc4)ccc3S2(=O)=O)cc1. The van der Waals surface area contributed by atoms with E-state index in [0.29, 0.717) is 22.6 Å². The van der Waals surface area contributed by atoms with Crippen molar-refractivity contribution in [1.82, 2.24) is 9.29 Å². The highest BCUT2D eigenvalue weighted by Gasteiger charge is 2.34. The Morgan fingerprint density at radius 1 is 1.11 bits per heavy atom. The molecule has 3 aromatic rings. The molecule has 28 heavy (non-hydrogen) atoms. The van der Waals surface area contributed by atoms with Crippen LogP contribution in [0.2, 0.25) is 0 Å². The van der Waals surface area contributed by atoms with Crippen molar-refractivity contribution in [2.45, 2.75) is 18.0 Å². The fourth-order valence-corrected chi connectivity index (χ4v) is 4.65. The lowest BCUT2D eigenvalue weighted by molar-refractivity contribution is 0.0697. The Balaban J connectivity index is 1.55. The highest BCUT2D eigenvalue weighted by atomic mass is 32.2. The second-order valence-electron chi connectivity index (χ2n) is 6.34. The quantitative estimate of drug-likeness (QED) is 0.711. The van der Waals surface area contributed by atoms with Gasteiger partial charge in [0.15, 0.2) is 0 Å². The number of pyridine rings is 1. The van der Waals surface area contributed by atoms with Crippen molar-refractivity contribution < 1.29 is 23.1 Å². The first-order valence-corrected chi connectivity index (χ1v) is 9.91. The number of sulfonamides is 1. The van der Waals surface area contributed by atoms with Crippen molar-refractivity contribution in [3.63, 3.8) is 0 Å². The molecule has 0 fully saturated rings. The molecule has 142 valence electrons. The molecule has 0 amide bonds. The van der Waals surface area contributed by atoms with Crippen molar-refractivity contribution in [2.24, 2.45) is 0 Å². The second kappa shape index (κ2) is 7.06. The van der Waals surface area contributed by atoms with Gasteiger partial charge in [0.25, 0.3) is 0 Å². The molecule has 1 N–H and O–H groups in total. The number of hydrogen-bond donors (Lipinski definition) is 1. The minimum Gasteiger partial charge on any atom is -0.478 e. The third-order valence-electron chi connectivity index (χ3n) is 4.43. The van der Waals surface area contributed by atoms with Crippen LogP contribution in [0.4, 0.5) is 0 Å². The van der Waals surface area contributed by atoms with E-state index in [1.165, 1.54) is 16.4 Å². The number of carboxylic acids is 1. The van der Waals surface area contributed by atoms with Gasteiger partial charge in [-0.1, -0.05) is 12.1 Å². The van der Waals surface area contributed by atoms with E-state index >= 15 is 0 Å². The first kappa shape index (κ1) is 18.1. The number of benzene rings is 2. The zero-order chi connectivity index (χ0) is 19.7. The first-order chi connectivity index (χ1) is 13.4. The molecule has 2 heterocycles. The number of carbonyl (C=O) groups is 1. The van der Waals surface area contributed by atoms with E-state index in [9.17, 15) is 13.2 Å². The van der Waals surface area contributed by atoms with E-state index in [-0.39, 0.29) is 23.5 Å². The number of fused-ring (bicyclic) bond motifs is 1. The number of rotatable bonds is 5. The highest BCUT2D eigenvalue weighted by Crippen LogP contribution is 2.35. The average molecular weight is 396 g/mol. The molecule has 4 rings (SSSR count). The summed E-state index contributed by atoms with van der Waals surface area (Å²) in [6.07, 6.45) is 3.22. The molecule has 8 heteroatoms. The molecular weight excluding hydrogens is 380 g/mol. The van der Waals surface area contributed by atoms with Gasteiger partial charge in [0, 0.05) is 19.3 Å². The summed E-state index contributed by atoms with van der Waals surface area (Å²) in [5.41, 5.74) is 1.53. The van der Waals surface area contributed by atoms with Crippen LogP contribution in [0, 0.1) is 0 Å². The molecule has 7 nitrogen and oxygen atoms in total. The largest absolute Gasteiger partial charge is 0.478 e. The molecule has 1 aliphatic rings. The van der Waals surface area contributed by atoms with E-state index in [1.54, 1.807) is 54.9 Å². The smallest absolute Gasteiger partial charge is 0.335 e. The number of ether oxygens (including phenoxy) is 1. The summed E-state index contributed by atoms with van der Waals surface area (Å²) in [5.74, 6) is 0.0854. The van der Waals surface area contributed by atoms with E-state index in [2.05, 4.69) is 4.98 Å². The maximum atomic E-state index is 12.8. The Bertz CT molecular complexity index is 1130. The summed E-state index contributed by atoms with van der Waals surface area (Å²) in [4.78, 5) is 15.2. The summed E-state index contributed by atoms with van der Waals surface area (Å²) >= 11 is 0. The molecule has 2 aromatic carbocycles. The van der Waals surface area contributed by atoms with Gasteiger partial charge in [0.2, 0.25) is 10.0 Å². The molecule has 0 bridgehead atoms. The standard InChI is InChI=1S/C20H16N2O5S/c23-20(24)15-5-3-14(4-6-15)12-22-13-16-10-17(7-8-19(16)28(22,25)26)27-18-2-1-9-21-11-18/h1-11H,12-13H2,(H,23,24). The van der Waals surface area contributed by atoms with Crippen LogP contribution in [0.15, 0.2) is 71.9 Å². The van der Waals surface area contributed by atoms with Crippen LogP contribution in [0.5, 0.6) is 11.5 Å². The lowest BCUT2D eigenvalue weighted by Crippen LogP contribution is -2.23. The third-order valence-corrected chi connectivity index (χ3v) is 6.32.